The van der Waals surface area contributed by atoms with E-state index < -0.39 is 21.7 Å². The molecule has 0 saturated carbocycles. The van der Waals surface area contributed by atoms with E-state index >= 15 is 0 Å². The summed E-state index contributed by atoms with van der Waals surface area (Å²) in [5.74, 6) is -0.0665. The van der Waals surface area contributed by atoms with Crippen molar-refractivity contribution in [2.24, 2.45) is 0 Å². The van der Waals surface area contributed by atoms with Crippen molar-refractivity contribution in [1.29, 1.82) is 0 Å². The topological polar surface area (TPSA) is 90.3 Å². The summed E-state index contributed by atoms with van der Waals surface area (Å²) >= 11 is 3.29. The highest BCUT2D eigenvalue weighted by Gasteiger charge is 2.28. The second kappa shape index (κ2) is 8.37. The number of fused-ring (bicyclic) bond motifs is 5. The Balaban J connectivity index is 1.64. The zero-order chi connectivity index (χ0) is 23.1. The Labute approximate surface area is 196 Å². The van der Waals surface area contributed by atoms with Gasteiger partial charge in [0.15, 0.2) is 0 Å². The lowest BCUT2D eigenvalue weighted by Gasteiger charge is -2.21. The molecule has 168 valence electrons. The fraction of sp³-hybridized carbons (Fsp3) is 0.304. The first-order valence-electron chi connectivity index (χ1n) is 10.2. The molecule has 0 radical (unpaired) electrons. The number of aromatic nitrogens is 2. The van der Waals surface area contributed by atoms with Gasteiger partial charge in [0.25, 0.3) is 10.0 Å². The van der Waals surface area contributed by atoms with Crippen LogP contribution in [0.5, 0.6) is 0 Å². The molecular formula is C23H24BrN3O4S. The molecule has 0 spiro atoms. The van der Waals surface area contributed by atoms with E-state index in [0.29, 0.717) is 23.1 Å². The smallest absolute Gasteiger partial charge is 0.407 e. The first kappa shape index (κ1) is 22.5. The molecule has 9 heteroatoms. The van der Waals surface area contributed by atoms with Crippen molar-refractivity contribution < 1.29 is 17.9 Å². The Morgan fingerprint density at radius 3 is 2.69 bits per heavy atom. The van der Waals surface area contributed by atoms with Gasteiger partial charge < -0.3 is 10.1 Å². The molecule has 7 nitrogen and oxygen atoms in total. The molecule has 1 unspecified atom stereocenters. The van der Waals surface area contributed by atoms with Gasteiger partial charge in [0.05, 0.1) is 5.69 Å². The monoisotopic (exact) mass is 517 g/mol. The van der Waals surface area contributed by atoms with E-state index in [1.807, 2.05) is 51.1 Å². The van der Waals surface area contributed by atoms with Crippen molar-refractivity contribution in [3.8, 4) is 11.3 Å². The molecule has 1 aliphatic rings. The molecule has 1 N–H and O–H groups in total. The summed E-state index contributed by atoms with van der Waals surface area (Å²) in [7, 11) is -3.83. The molecular weight excluding hydrogens is 494 g/mol. The lowest BCUT2D eigenvalue weighted by molar-refractivity contribution is 0.0526. The number of benzene rings is 1. The van der Waals surface area contributed by atoms with Crippen molar-refractivity contribution in [2.75, 3.05) is 6.54 Å². The summed E-state index contributed by atoms with van der Waals surface area (Å²) in [5.41, 5.74) is 2.81. The highest BCUT2D eigenvalue weighted by atomic mass is 79.9. The third-order valence-corrected chi connectivity index (χ3v) is 7.20. The molecule has 0 fully saturated rings. The van der Waals surface area contributed by atoms with Gasteiger partial charge in [0, 0.05) is 35.5 Å². The third kappa shape index (κ3) is 4.59. The van der Waals surface area contributed by atoms with Crippen LogP contribution >= 0.6 is 15.9 Å². The zero-order valence-corrected chi connectivity index (χ0v) is 20.4. The summed E-state index contributed by atoms with van der Waals surface area (Å²) in [5, 5.41) is 2.79. The predicted octanol–water partition coefficient (Wildman–Crippen LogP) is 4.91. The summed E-state index contributed by atoms with van der Waals surface area (Å²) < 4.78 is 34.0. The van der Waals surface area contributed by atoms with Crippen molar-refractivity contribution in [3.05, 3.63) is 70.6 Å². The number of halogens is 1. The largest absolute Gasteiger partial charge is 0.444 e. The summed E-state index contributed by atoms with van der Waals surface area (Å²) in [4.78, 5) is 16.1. The Morgan fingerprint density at radius 2 is 1.97 bits per heavy atom. The number of alkyl carbamates (subject to hydrolysis) is 1. The van der Waals surface area contributed by atoms with Gasteiger partial charge in [-0.05, 0) is 78.0 Å². The average molecular weight is 518 g/mol. The Kier molecular flexibility index (Phi) is 5.89. The minimum absolute atomic E-state index is 0.0665. The van der Waals surface area contributed by atoms with Gasteiger partial charge in [0.2, 0.25) is 0 Å². The van der Waals surface area contributed by atoms with Crippen LogP contribution in [0.15, 0.2) is 64.4 Å². The van der Waals surface area contributed by atoms with Crippen molar-refractivity contribution in [3.63, 3.8) is 0 Å². The lowest BCUT2D eigenvalue weighted by Crippen LogP contribution is -2.33. The quantitative estimate of drug-likeness (QED) is 0.519. The number of nitrogens with zero attached hydrogens (tertiary/aromatic N) is 2. The Hall–Kier alpha value is -2.65. The van der Waals surface area contributed by atoms with E-state index in [-0.39, 0.29) is 10.8 Å². The number of hydrogen-bond acceptors (Lipinski definition) is 5. The van der Waals surface area contributed by atoms with Gasteiger partial charge >= 0.3 is 6.09 Å². The highest BCUT2D eigenvalue weighted by Crippen LogP contribution is 2.39. The minimum Gasteiger partial charge on any atom is -0.444 e. The van der Waals surface area contributed by atoms with E-state index in [9.17, 15) is 13.2 Å². The number of carbonyl (C=O) groups is 1. The maximum absolute atomic E-state index is 13.4. The van der Waals surface area contributed by atoms with Crippen LogP contribution in [-0.2, 0) is 14.8 Å². The first-order valence-corrected chi connectivity index (χ1v) is 12.4. The van der Waals surface area contributed by atoms with E-state index in [1.165, 1.54) is 16.2 Å². The first-order chi connectivity index (χ1) is 15.0. The number of rotatable bonds is 5. The van der Waals surface area contributed by atoms with Crippen LogP contribution in [0, 0.1) is 0 Å². The summed E-state index contributed by atoms with van der Waals surface area (Å²) in [6.07, 6.45) is 4.69. The average Bonchev–Trinajstić information content (AvgIpc) is 3.12. The molecule has 4 bridgehead atoms. The van der Waals surface area contributed by atoms with Gasteiger partial charge in [-0.25, -0.2) is 17.2 Å². The molecule has 1 aromatic carbocycles. The fourth-order valence-corrected chi connectivity index (χ4v) is 5.67. The third-order valence-electron chi connectivity index (χ3n) is 5.13. The normalized spacial score (nSPS) is 15.2. The van der Waals surface area contributed by atoms with Crippen LogP contribution in [0.4, 0.5) is 4.79 Å². The number of amides is 1. The van der Waals surface area contributed by atoms with Crippen LogP contribution in [0.1, 0.15) is 44.2 Å². The summed E-state index contributed by atoms with van der Waals surface area (Å²) in [6, 6.07) is 11.3. The van der Waals surface area contributed by atoms with Crippen molar-refractivity contribution in [2.45, 2.75) is 43.6 Å². The van der Waals surface area contributed by atoms with Crippen LogP contribution in [0.2, 0.25) is 0 Å². The number of ether oxygens (including phenoxy) is 1. The SMILES string of the molecule is CC(C)(C)OC(=O)NCCC1c2cccc(c2)-c2cc1cn2S(=O)(=O)c1cncc(Br)c1. The van der Waals surface area contributed by atoms with E-state index in [4.69, 9.17) is 4.74 Å². The van der Waals surface area contributed by atoms with Gasteiger partial charge in [-0.15, -0.1) is 0 Å². The number of hydrogen-bond donors (Lipinski definition) is 1. The fourth-order valence-electron chi connectivity index (χ4n) is 3.78. The minimum atomic E-state index is -3.83. The standard InChI is InChI=1S/C23H24BrN3O4S/c1-23(2,3)31-22(28)26-8-7-20-15-5-4-6-16(9-15)21-10-17(20)14-27(21)32(29,30)19-11-18(24)12-25-13-19/h4-6,9-14,20H,7-8H2,1-3H3,(H,26,28). The van der Waals surface area contributed by atoms with Crippen LogP contribution in [-0.4, -0.2) is 35.6 Å². The summed E-state index contributed by atoms with van der Waals surface area (Å²) in [6.45, 7) is 5.84. The van der Waals surface area contributed by atoms with Gasteiger partial charge in [-0.3, -0.25) is 4.98 Å². The Morgan fingerprint density at radius 1 is 1.19 bits per heavy atom. The highest BCUT2D eigenvalue weighted by molar-refractivity contribution is 9.10. The number of nitrogens with one attached hydrogen (secondary N) is 1. The number of carbonyl (C=O) groups excluding carboxylic acids is 1. The second-order valence-electron chi connectivity index (χ2n) is 8.69. The molecule has 0 saturated heterocycles. The van der Waals surface area contributed by atoms with Gasteiger partial charge in [-0.2, -0.15) is 0 Å². The molecule has 2 aromatic heterocycles. The van der Waals surface area contributed by atoms with E-state index in [1.54, 1.807) is 12.4 Å². The molecule has 4 rings (SSSR count). The van der Waals surface area contributed by atoms with Crippen molar-refractivity contribution >= 4 is 32.0 Å². The van der Waals surface area contributed by atoms with Crippen molar-refractivity contribution in [1.82, 2.24) is 14.3 Å². The van der Waals surface area contributed by atoms with Crippen LogP contribution in [0.3, 0.4) is 0 Å². The van der Waals surface area contributed by atoms with Crippen LogP contribution < -0.4 is 5.32 Å². The molecule has 1 aliphatic carbocycles. The van der Waals surface area contributed by atoms with Gasteiger partial charge in [-0.1, -0.05) is 18.2 Å². The maximum Gasteiger partial charge on any atom is 0.407 e. The van der Waals surface area contributed by atoms with E-state index in [2.05, 4.69) is 26.2 Å². The Bertz CT molecular complexity index is 1280. The molecule has 32 heavy (non-hydrogen) atoms. The lowest BCUT2D eigenvalue weighted by atomic mass is 9.91. The van der Waals surface area contributed by atoms with Crippen LogP contribution in [0.25, 0.3) is 11.3 Å². The zero-order valence-electron chi connectivity index (χ0n) is 18.0. The molecule has 2 heterocycles. The van der Waals surface area contributed by atoms with E-state index in [0.717, 1.165) is 16.7 Å². The number of pyridine rings is 1. The molecule has 0 aliphatic heterocycles. The van der Waals surface area contributed by atoms with Gasteiger partial charge in [0.1, 0.15) is 10.5 Å². The molecule has 1 amide bonds. The maximum atomic E-state index is 13.4. The molecule has 3 aromatic rings. The second-order valence-corrected chi connectivity index (χ2v) is 11.4. The molecule has 1 atom stereocenters. The predicted molar refractivity (Wildman–Crippen MR) is 125 cm³/mol.